The molecule has 6 nitrogen and oxygen atoms in total. The molecule has 1 aliphatic heterocycles. The van der Waals surface area contributed by atoms with Crippen LogP contribution in [0, 0.1) is 17.7 Å². The van der Waals surface area contributed by atoms with Crippen molar-refractivity contribution in [1.29, 1.82) is 0 Å². The number of methoxy groups -OCH3 is 1. The Morgan fingerprint density at radius 1 is 1.15 bits per heavy atom. The lowest BCUT2D eigenvalue weighted by molar-refractivity contribution is -0.140. The van der Waals surface area contributed by atoms with Gasteiger partial charge in [-0.1, -0.05) is 36.3 Å². The average molecular weight is 550 g/mol. The summed E-state index contributed by atoms with van der Waals surface area (Å²) in [5.41, 5.74) is 0.705. The van der Waals surface area contributed by atoms with Crippen LogP contribution in [-0.2, 0) is 33.3 Å². The first-order valence-electron chi connectivity index (χ1n) is 12.6. The molecule has 40 heavy (non-hydrogen) atoms. The van der Waals surface area contributed by atoms with Crippen molar-refractivity contribution in [2.75, 3.05) is 20.2 Å². The molecule has 1 aromatic heterocycles. The molecular formula is C29H25BF4N3O3. The highest BCUT2D eigenvalue weighted by Crippen LogP contribution is 2.31. The van der Waals surface area contributed by atoms with E-state index < -0.39 is 29.2 Å². The number of alkyl halides is 3. The largest absolute Gasteiger partial charge is 0.469 e. The third-order valence-corrected chi connectivity index (χ3v) is 6.71. The number of benzene rings is 2. The predicted molar refractivity (Wildman–Crippen MR) is 140 cm³/mol. The summed E-state index contributed by atoms with van der Waals surface area (Å²) in [4.78, 5) is 32.4. The van der Waals surface area contributed by atoms with E-state index >= 15 is 0 Å². The fourth-order valence-corrected chi connectivity index (χ4v) is 4.54. The van der Waals surface area contributed by atoms with Gasteiger partial charge in [0.2, 0.25) is 0 Å². The van der Waals surface area contributed by atoms with Gasteiger partial charge in [-0.2, -0.15) is 13.2 Å². The first-order chi connectivity index (χ1) is 19.2. The summed E-state index contributed by atoms with van der Waals surface area (Å²) in [5, 5.41) is 0. The maximum atomic E-state index is 13.9. The summed E-state index contributed by atoms with van der Waals surface area (Å²) in [6.45, 7) is 1.60. The van der Waals surface area contributed by atoms with Crippen LogP contribution in [0.5, 0.6) is 0 Å². The van der Waals surface area contributed by atoms with Gasteiger partial charge in [-0.3, -0.25) is 4.79 Å². The zero-order chi connectivity index (χ0) is 28.7. The highest BCUT2D eigenvalue weighted by atomic mass is 19.4. The zero-order valence-corrected chi connectivity index (χ0v) is 21.7. The van der Waals surface area contributed by atoms with Crippen molar-refractivity contribution in [2.24, 2.45) is 0 Å². The molecule has 0 N–H and O–H groups in total. The lowest BCUT2D eigenvalue weighted by Gasteiger charge is -2.30. The van der Waals surface area contributed by atoms with E-state index in [2.05, 4.69) is 26.5 Å². The second kappa shape index (κ2) is 12.9. The lowest BCUT2D eigenvalue weighted by Crippen LogP contribution is -2.36. The highest BCUT2D eigenvalue weighted by molar-refractivity contribution is 6.64. The number of nitrogens with zero attached hydrogens (tertiary/aromatic N) is 3. The fourth-order valence-electron chi connectivity index (χ4n) is 4.54. The van der Waals surface area contributed by atoms with E-state index in [1.54, 1.807) is 7.41 Å². The van der Waals surface area contributed by atoms with Gasteiger partial charge in [0.1, 0.15) is 22.9 Å². The Morgan fingerprint density at radius 3 is 2.52 bits per heavy atom. The predicted octanol–water partition coefficient (Wildman–Crippen LogP) is 4.33. The minimum Gasteiger partial charge on any atom is -0.469 e. The van der Waals surface area contributed by atoms with Crippen molar-refractivity contribution in [3.05, 3.63) is 93.8 Å². The van der Waals surface area contributed by atoms with Crippen molar-refractivity contribution in [1.82, 2.24) is 14.8 Å². The van der Waals surface area contributed by atoms with E-state index in [4.69, 9.17) is 0 Å². The van der Waals surface area contributed by atoms with Gasteiger partial charge in [0.25, 0.3) is 7.41 Å². The molecule has 0 amide bonds. The third kappa shape index (κ3) is 7.54. The molecule has 1 aliphatic rings. The van der Waals surface area contributed by atoms with E-state index in [0.29, 0.717) is 17.7 Å². The number of carbonyl (C=O) groups excluding carboxylic acids is 2. The topological polar surface area (TPSA) is 72.4 Å². The number of esters is 1. The average Bonchev–Trinajstić information content (AvgIpc) is 2.93. The second-order valence-electron chi connectivity index (χ2n) is 9.36. The van der Waals surface area contributed by atoms with Crippen LogP contribution in [0.15, 0.2) is 48.7 Å². The Bertz CT molecular complexity index is 1430. The van der Waals surface area contributed by atoms with Gasteiger partial charge in [0.15, 0.2) is 0 Å². The molecule has 205 valence electrons. The summed E-state index contributed by atoms with van der Waals surface area (Å²) in [7, 11) is 2.75. The molecule has 4 rings (SSSR count). The Kier molecular flexibility index (Phi) is 9.32. The van der Waals surface area contributed by atoms with E-state index in [0.717, 1.165) is 55.4 Å². The molecule has 2 aromatic carbocycles. The smallest absolute Gasteiger partial charge is 0.420 e. The number of ether oxygens (including phenoxy) is 1. The number of hydrogen-bond donors (Lipinski definition) is 0. The number of piperidine rings is 1. The Labute approximate surface area is 230 Å². The summed E-state index contributed by atoms with van der Waals surface area (Å²) in [6, 6.07) is 11.3. The van der Waals surface area contributed by atoms with Crippen LogP contribution in [0.1, 0.15) is 58.1 Å². The Hall–Kier alpha value is -4.04. The molecule has 1 radical (unpaired) electrons. The van der Waals surface area contributed by atoms with Crippen LogP contribution < -0.4 is 0 Å². The molecule has 0 atom stereocenters. The monoisotopic (exact) mass is 550 g/mol. The lowest BCUT2D eigenvalue weighted by atomic mass is 9.84. The molecule has 0 bridgehead atoms. The van der Waals surface area contributed by atoms with Gasteiger partial charge in [-0.25, -0.2) is 14.4 Å². The van der Waals surface area contributed by atoms with Crippen LogP contribution in [0.2, 0.25) is 0 Å². The van der Waals surface area contributed by atoms with Crippen LogP contribution in [-0.4, -0.2) is 54.5 Å². The summed E-state index contributed by atoms with van der Waals surface area (Å²) in [6.07, 6.45) is -1.45. The maximum absolute atomic E-state index is 13.9. The van der Waals surface area contributed by atoms with Crippen LogP contribution >= 0.6 is 0 Å². The maximum Gasteiger partial charge on any atom is 0.420 e. The minimum atomic E-state index is -4.75. The van der Waals surface area contributed by atoms with Crippen molar-refractivity contribution in [3.8, 4) is 11.8 Å². The molecular weight excluding hydrogens is 525 g/mol. The van der Waals surface area contributed by atoms with Crippen molar-refractivity contribution < 1.29 is 31.9 Å². The first-order valence-corrected chi connectivity index (χ1v) is 12.6. The van der Waals surface area contributed by atoms with Gasteiger partial charge in [-0.05, 0) is 66.6 Å². The highest BCUT2D eigenvalue weighted by Gasteiger charge is 2.34. The first kappa shape index (κ1) is 29.0. The van der Waals surface area contributed by atoms with E-state index in [1.165, 1.54) is 13.2 Å². The number of carbonyl (C=O) groups is 2. The third-order valence-electron chi connectivity index (χ3n) is 6.71. The number of aromatic nitrogens is 2. The van der Waals surface area contributed by atoms with Crippen molar-refractivity contribution in [2.45, 2.75) is 37.8 Å². The summed E-state index contributed by atoms with van der Waals surface area (Å²) < 4.78 is 59.6. The summed E-state index contributed by atoms with van der Waals surface area (Å²) in [5.74, 6) is 4.23. The number of rotatable bonds is 7. The Balaban J connectivity index is 1.56. The number of hydrogen-bond acceptors (Lipinski definition) is 6. The van der Waals surface area contributed by atoms with Gasteiger partial charge in [-0.15, -0.1) is 0 Å². The molecule has 3 aromatic rings. The molecule has 0 saturated carbocycles. The molecule has 0 aliphatic carbocycles. The van der Waals surface area contributed by atoms with Gasteiger partial charge in [0.05, 0.1) is 19.7 Å². The van der Waals surface area contributed by atoms with Crippen molar-refractivity contribution in [3.63, 3.8) is 0 Å². The van der Waals surface area contributed by atoms with Crippen LogP contribution in [0.3, 0.4) is 0 Å². The molecule has 0 spiro atoms. The Morgan fingerprint density at radius 2 is 1.88 bits per heavy atom. The van der Waals surface area contributed by atoms with Gasteiger partial charge < -0.3 is 14.3 Å². The molecule has 1 fully saturated rings. The summed E-state index contributed by atoms with van der Waals surface area (Å²) >= 11 is 0. The normalized spacial score (nSPS) is 14.2. The molecule has 1 saturated heterocycles. The van der Waals surface area contributed by atoms with Gasteiger partial charge in [0, 0.05) is 18.2 Å². The second-order valence-corrected chi connectivity index (χ2v) is 9.36. The van der Waals surface area contributed by atoms with Crippen LogP contribution in [0.25, 0.3) is 0 Å². The van der Waals surface area contributed by atoms with Crippen LogP contribution in [0.4, 0.5) is 17.6 Å². The van der Waals surface area contributed by atoms with E-state index in [9.17, 15) is 27.2 Å². The standard InChI is InChI=1S/C29H25BF4N3O3/c1-40-28(39)16-23-6-8-24(31)15-22(23)7-9-26-25(29(32,33)34)17-35-27(36-26)14-19-2-4-20(5-3-19)21-10-12-37(13-11-21)30-18-38/h2-6,8,15,17-18,21H,10-14,16H2,1H3. The van der Waals surface area contributed by atoms with Crippen molar-refractivity contribution >= 4 is 19.6 Å². The number of halogens is 4. The molecule has 11 heteroatoms. The SMILES string of the molecule is COC(=O)Cc1ccc(F)cc1C#Cc1nc(Cc2ccc(C3CCN([B]C=O)CC3)cc2)ncc1C(F)(F)F. The van der Waals surface area contributed by atoms with E-state index in [1.807, 2.05) is 29.1 Å². The van der Waals surface area contributed by atoms with Gasteiger partial charge >= 0.3 is 12.1 Å². The fraction of sp³-hybridized carbons (Fsp3) is 0.310. The van der Waals surface area contributed by atoms with E-state index in [-0.39, 0.29) is 24.2 Å². The molecule has 0 unspecified atom stereocenters. The minimum absolute atomic E-state index is 0.0594. The molecule has 2 heterocycles. The zero-order valence-electron chi connectivity index (χ0n) is 21.7. The quantitative estimate of drug-likeness (QED) is 0.144.